The minimum Gasteiger partial charge on any atom is -0.508 e. The first-order valence-corrected chi connectivity index (χ1v) is 8.38. The first kappa shape index (κ1) is 14.1. The lowest BCUT2D eigenvalue weighted by atomic mass is 10.1. The largest absolute Gasteiger partial charge is 0.508 e. The Bertz CT molecular complexity index is 775. The fraction of sp³-hybridized carbons (Fsp3) is 0.188. The highest BCUT2D eigenvalue weighted by molar-refractivity contribution is 7.27. The molecule has 0 aliphatic carbocycles. The third kappa shape index (κ3) is 2.54. The van der Waals surface area contributed by atoms with E-state index in [-0.39, 0.29) is 11.7 Å². The fourth-order valence-corrected chi connectivity index (χ4v) is 4.37. The van der Waals surface area contributed by atoms with Crippen molar-refractivity contribution in [2.45, 2.75) is 13.8 Å². The second-order valence-corrected chi connectivity index (χ2v) is 6.81. The molecule has 0 atom stereocenters. The van der Waals surface area contributed by atoms with Gasteiger partial charge in [0.05, 0.1) is 10.6 Å². The summed E-state index contributed by atoms with van der Waals surface area (Å²) in [6, 6.07) is 9.10. The molecule has 0 fully saturated rings. The Morgan fingerprint density at radius 2 is 2.05 bits per heavy atom. The number of fused-ring (bicyclic) bond motifs is 1. The van der Waals surface area contributed by atoms with Crippen molar-refractivity contribution in [3.8, 4) is 5.75 Å². The van der Waals surface area contributed by atoms with Gasteiger partial charge in [0.2, 0.25) is 0 Å². The van der Waals surface area contributed by atoms with E-state index in [1.165, 1.54) is 11.3 Å². The Labute approximate surface area is 131 Å². The lowest BCUT2D eigenvalue weighted by Crippen LogP contribution is -2.30. The Morgan fingerprint density at radius 3 is 2.76 bits per heavy atom. The van der Waals surface area contributed by atoms with E-state index < -0.39 is 0 Å². The second-order valence-electron chi connectivity index (χ2n) is 4.78. The van der Waals surface area contributed by atoms with E-state index in [1.807, 2.05) is 37.4 Å². The summed E-state index contributed by atoms with van der Waals surface area (Å²) in [7, 11) is 0. The number of carbonyl (C=O) groups excluding carboxylic acids is 1. The molecule has 1 aromatic carbocycles. The van der Waals surface area contributed by atoms with Gasteiger partial charge >= 0.3 is 0 Å². The predicted octanol–water partition coefficient (Wildman–Crippen LogP) is 4.64. The van der Waals surface area contributed by atoms with Crippen molar-refractivity contribution < 1.29 is 9.90 Å². The van der Waals surface area contributed by atoms with Gasteiger partial charge in [-0.05, 0) is 43.0 Å². The summed E-state index contributed by atoms with van der Waals surface area (Å²) in [6.45, 7) is 4.45. The number of hydrogen-bond donors (Lipinski definition) is 1. The highest BCUT2D eigenvalue weighted by atomic mass is 32.1. The number of rotatable bonds is 3. The van der Waals surface area contributed by atoms with Crippen LogP contribution >= 0.6 is 22.7 Å². The van der Waals surface area contributed by atoms with E-state index in [1.54, 1.807) is 28.4 Å². The van der Waals surface area contributed by atoms with Crippen LogP contribution in [0.4, 0.5) is 5.69 Å². The molecule has 3 nitrogen and oxygen atoms in total. The number of amides is 1. The summed E-state index contributed by atoms with van der Waals surface area (Å²) in [6.07, 6.45) is 0. The number of phenols is 1. The Kier molecular flexibility index (Phi) is 3.69. The Balaban J connectivity index is 2.00. The van der Waals surface area contributed by atoms with Crippen LogP contribution in [-0.4, -0.2) is 17.6 Å². The third-order valence-corrected chi connectivity index (χ3v) is 5.48. The SMILES string of the molecule is CCN(C(=O)c1cc2sccc2s1)c1cc(O)ccc1C. The van der Waals surface area contributed by atoms with E-state index in [2.05, 4.69) is 0 Å². The van der Waals surface area contributed by atoms with Gasteiger partial charge in [0, 0.05) is 22.0 Å². The quantitative estimate of drug-likeness (QED) is 0.764. The molecule has 3 rings (SSSR count). The summed E-state index contributed by atoms with van der Waals surface area (Å²) in [5.74, 6) is 0.161. The molecular formula is C16H15NO2S2. The average molecular weight is 317 g/mol. The van der Waals surface area contributed by atoms with Crippen LogP contribution in [0, 0.1) is 6.92 Å². The van der Waals surface area contributed by atoms with Crippen LogP contribution in [0.25, 0.3) is 9.40 Å². The van der Waals surface area contributed by atoms with E-state index in [0.29, 0.717) is 6.54 Å². The zero-order valence-electron chi connectivity index (χ0n) is 11.8. The molecule has 108 valence electrons. The first-order valence-electron chi connectivity index (χ1n) is 6.68. The molecule has 0 saturated carbocycles. The van der Waals surface area contributed by atoms with Crippen LogP contribution < -0.4 is 4.90 Å². The number of hydrogen-bond acceptors (Lipinski definition) is 4. The Morgan fingerprint density at radius 1 is 1.24 bits per heavy atom. The maximum atomic E-state index is 12.8. The summed E-state index contributed by atoms with van der Waals surface area (Å²) in [4.78, 5) is 15.2. The van der Waals surface area contributed by atoms with E-state index >= 15 is 0 Å². The summed E-state index contributed by atoms with van der Waals surface area (Å²) < 4.78 is 2.29. The van der Waals surface area contributed by atoms with E-state index in [4.69, 9.17) is 0 Å². The van der Waals surface area contributed by atoms with Gasteiger partial charge in [-0.3, -0.25) is 4.79 Å². The van der Waals surface area contributed by atoms with Crippen molar-refractivity contribution >= 4 is 43.7 Å². The van der Waals surface area contributed by atoms with Crippen LogP contribution in [0.3, 0.4) is 0 Å². The van der Waals surface area contributed by atoms with Gasteiger partial charge in [0.25, 0.3) is 5.91 Å². The normalized spacial score (nSPS) is 11.0. The van der Waals surface area contributed by atoms with Gasteiger partial charge in [-0.15, -0.1) is 22.7 Å². The molecule has 3 aromatic rings. The molecule has 0 spiro atoms. The van der Waals surface area contributed by atoms with Crippen molar-refractivity contribution in [3.63, 3.8) is 0 Å². The highest BCUT2D eigenvalue weighted by Crippen LogP contribution is 2.32. The predicted molar refractivity (Wildman–Crippen MR) is 89.9 cm³/mol. The van der Waals surface area contributed by atoms with Crippen molar-refractivity contribution in [1.82, 2.24) is 0 Å². The fourth-order valence-electron chi connectivity index (χ4n) is 2.32. The van der Waals surface area contributed by atoms with Crippen molar-refractivity contribution in [3.05, 3.63) is 46.2 Å². The molecule has 21 heavy (non-hydrogen) atoms. The average Bonchev–Trinajstić information content (AvgIpc) is 3.04. The maximum Gasteiger partial charge on any atom is 0.268 e. The monoisotopic (exact) mass is 317 g/mol. The number of thiophene rings is 2. The van der Waals surface area contributed by atoms with E-state index in [0.717, 1.165) is 25.5 Å². The molecule has 1 amide bonds. The molecule has 0 saturated heterocycles. The zero-order chi connectivity index (χ0) is 15.0. The molecular weight excluding hydrogens is 302 g/mol. The Hall–Kier alpha value is -1.85. The number of aryl methyl sites for hydroxylation is 1. The van der Waals surface area contributed by atoms with Crippen LogP contribution in [0.2, 0.25) is 0 Å². The molecule has 2 aromatic heterocycles. The molecule has 2 heterocycles. The van der Waals surface area contributed by atoms with Crippen molar-refractivity contribution in [2.24, 2.45) is 0 Å². The number of aromatic hydroxyl groups is 1. The lowest BCUT2D eigenvalue weighted by molar-refractivity contribution is 0.0992. The number of benzene rings is 1. The van der Waals surface area contributed by atoms with Gasteiger partial charge in [-0.25, -0.2) is 0 Å². The lowest BCUT2D eigenvalue weighted by Gasteiger charge is -2.22. The summed E-state index contributed by atoms with van der Waals surface area (Å²) in [5.41, 5.74) is 1.74. The minimum absolute atomic E-state index is 0.0143. The molecule has 1 N–H and O–H groups in total. The van der Waals surface area contributed by atoms with Gasteiger partial charge in [0.1, 0.15) is 5.75 Å². The molecule has 0 unspecified atom stereocenters. The van der Waals surface area contributed by atoms with Gasteiger partial charge in [-0.1, -0.05) is 6.07 Å². The number of phenolic OH excluding ortho intramolecular Hbond substituents is 1. The molecule has 0 aliphatic rings. The third-order valence-electron chi connectivity index (χ3n) is 3.40. The molecule has 0 aliphatic heterocycles. The van der Waals surface area contributed by atoms with Crippen molar-refractivity contribution in [1.29, 1.82) is 0 Å². The van der Waals surface area contributed by atoms with E-state index in [9.17, 15) is 9.90 Å². The first-order chi connectivity index (χ1) is 10.1. The van der Waals surface area contributed by atoms with Crippen LogP contribution in [0.15, 0.2) is 35.7 Å². The summed E-state index contributed by atoms with van der Waals surface area (Å²) in [5, 5.41) is 11.7. The van der Waals surface area contributed by atoms with Gasteiger partial charge < -0.3 is 10.0 Å². The number of nitrogens with zero attached hydrogens (tertiary/aromatic N) is 1. The molecule has 5 heteroatoms. The number of anilines is 1. The minimum atomic E-state index is -0.0143. The molecule has 0 bridgehead atoms. The van der Waals surface area contributed by atoms with Crippen LogP contribution in [0.5, 0.6) is 5.75 Å². The standard InChI is InChI=1S/C16H15NO2S2/c1-3-17(12-8-11(18)5-4-10(12)2)16(19)15-9-14-13(21-15)6-7-20-14/h4-9,18H,3H2,1-2H3. The topological polar surface area (TPSA) is 40.5 Å². The summed E-state index contributed by atoms with van der Waals surface area (Å²) >= 11 is 3.16. The number of carbonyl (C=O) groups is 1. The maximum absolute atomic E-state index is 12.8. The zero-order valence-corrected chi connectivity index (χ0v) is 13.4. The molecule has 0 radical (unpaired) electrons. The van der Waals surface area contributed by atoms with Crippen LogP contribution in [-0.2, 0) is 0 Å². The smallest absolute Gasteiger partial charge is 0.268 e. The highest BCUT2D eigenvalue weighted by Gasteiger charge is 2.20. The van der Waals surface area contributed by atoms with Gasteiger partial charge in [0.15, 0.2) is 0 Å². The second kappa shape index (κ2) is 5.50. The van der Waals surface area contributed by atoms with Crippen LogP contribution in [0.1, 0.15) is 22.2 Å². The van der Waals surface area contributed by atoms with Gasteiger partial charge in [-0.2, -0.15) is 0 Å². The van der Waals surface area contributed by atoms with Crippen molar-refractivity contribution in [2.75, 3.05) is 11.4 Å².